The second kappa shape index (κ2) is 6.95. The number of anilines is 3. The first-order valence-electron chi connectivity index (χ1n) is 5.97. The molecule has 0 saturated heterocycles. The standard InChI is InChI=1S/C11H22N6O/c1-6-17(7-8-18-5)11-14-9(12-2)13-10(15-11)16(3)4/h6-8H2,1-5H3,(H,12,13,14,15). The van der Waals surface area contributed by atoms with Gasteiger partial charge in [0.25, 0.3) is 0 Å². The smallest absolute Gasteiger partial charge is 0.232 e. The van der Waals surface area contributed by atoms with Gasteiger partial charge in [0.2, 0.25) is 17.8 Å². The quantitative estimate of drug-likeness (QED) is 0.758. The maximum absolute atomic E-state index is 5.09. The zero-order valence-electron chi connectivity index (χ0n) is 11.8. The number of rotatable bonds is 7. The Kier molecular flexibility index (Phi) is 5.57. The molecule has 0 fully saturated rings. The molecule has 0 aliphatic rings. The highest BCUT2D eigenvalue weighted by molar-refractivity contribution is 5.44. The minimum atomic E-state index is 0.569. The number of hydrogen-bond donors (Lipinski definition) is 1. The van der Waals surface area contributed by atoms with Crippen molar-refractivity contribution in [1.82, 2.24) is 15.0 Å². The molecule has 1 N–H and O–H groups in total. The summed E-state index contributed by atoms with van der Waals surface area (Å²) in [5, 5.41) is 2.95. The molecule has 1 rings (SSSR count). The lowest BCUT2D eigenvalue weighted by Crippen LogP contribution is -2.29. The summed E-state index contributed by atoms with van der Waals surface area (Å²) in [6.45, 7) is 4.29. The van der Waals surface area contributed by atoms with E-state index in [2.05, 4.69) is 32.1 Å². The molecule has 0 aromatic carbocycles. The fourth-order valence-electron chi connectivity index (χ4n) is 1.41. The molecule has 0 unspecified atom stereocenters. The van der Waals surface area contributed by atoms with E-state index in [4.69, 9.17) is 4.74 Å². The van der Waals surface area contributed by atoms with Crippen molar-refractivity contribution in [1.29, 1.82) is 0 Å². The van der Waals surface area contributed by atoms with Crippen molar-refractivity contribution in [2.24, 2.45) is 0 Å². The summed E-state index contributed by atoms with van der Waals surface area (Å²) < 4.78 is 5.09. The molecule has 0 saturated carbocycles. The first kappa shape index (κ1) is 14.4. The van der Waals surface area contributed by atoms with E-state index in [1.807, 2.05) is 19.0 Å². The molecule has 0 aliphatic heterocycles. The Morgan fingerprint density at radius 2 is 1.83 bits per heavy atom. The molecule has 0 atom stereocenters. The molecule has 1 aromatic heterocycles. The van der Waals surface area contributed by atoms with Crippen LogP contribution in [0.25, 0.3) is 0 Å². The van der Waals surface area contributed by atoms with Crippen LogP contribution in [0.5, 0.6) is 0 Å². The molecule has 0 aliphatic carbocycles. The van der Waals surface area contributed by atoms with Crippen LogP contribution in [-0.2, 0) is 4.74 Å². The Morgan fingerprint density at radius 3 is 2.33 bits per heavy atom. The van der Waals surface area contributed by atoms with Crippen LogP contribution in [0.15, 0.2) is 0 Å². The van der Waals surface area contributed by atoms with Gasteiger partial charge in [-0.15, -0.1) is 0 Å². The van der Waals surface area contributed by atoms with Gasteiger partial charge in [-0.3, -0.25) is 0 Å². The van der Waals surface area contributed by atoms with Crippen LogP contribution in [-0.4, -0.2) is 62.9 Å². The largest absolute Gasteiger partial charge is 0.383 e. The Balaban J connectivity index is 3.00. The third-order valence-electron chi connectivity index (χ3n) is 2.47. The van der Waals surface area contributed by atoms with Crippen LogP contribution in [0.4, 0.5) is 17.8 Å². The van der Waals surface area contributed by atoms with Crippen molar-refractivity contribution in [3.05, 3.63) is 0 Å². The molecule has 1 heterocycles. The van der Waals surface area contributed by atoms with Gasteiger partial charge in [0, 0.05) is 41.3 Å². The van der Waals surface area contributed by atoms with Gasteiger partial charge in [-0.2, -0.15) is 15.0 Å². The first-order chi connectivity index (χ1) is 8.62. The zero-order chi connectivity index (χ0) is 13.5. The van der Waals surface area contributed by atoms with Gasteiger partial charge in [0.05, 0.1) is 6.61 Å². The minimum absolute atomic E-state index is 0.569. The number of methoxy groups -OCH3 is 1. The van der Waals surface area contributed by atoms with E-state index in [9.17, 15) is 0 Å². The highest BCUT2D eigenvalue weighted by Gasteiger charge is 2.12. The molecule has 7 nitrogen and oxygen atoms in total. The highest BCUT2D eigenvalue weighted by atomic mass is 16.5. The van der Waals surface area contributed by atoms with Crippen LogP contribution >= 0.6 is 0 Å². The van der Waals surface area contributed by atoms with E-state index in [0.29, 0.717) is 24.5 Å². The second-order valence-electron chi connectivity index (χ2n) is 3.98. The monoisotopic (exact) mass is 254 g/mol. The van der Waals surface area contributed by atoms with E-state index in [-0.39, 0.29) is 0 Å². The Bertz CT molecular complexity index is 371. The molecular weight excluding hydrogens is 232 g/mol. The van der Waals surface area contributed by atoms with Crippen molar-refractivity contribution >= 4 is 17.8 Å². The van der Waals surface area contributed by atoms with Gasteiger partial charge in [-0.1, -0.05) is 0 Å². The van der Waals surface area contributed by atoms with Crippen LogP contribution in [0.2, 0.25) is 0 Å². The number of hydrogen-bond acceptors (Lipinski definition) is 7. The molecule has 0 amide bonds. The van der Waals surface area contributed by atoms with Crippen LogP contribution < -0.4 is 15.1 Å². The van der Waals surface area contributed by atoms with E-state index < -0.39 is 0 Å². The Morgan fingerprint density at radius 1 is 1.17 bits per heavy atom. The predicted molar refractivity (Wildman–Crippen MR) is 73.5 cm³/mol. The van der Waals surface area contributed by atoms with Crippen molar-refractivity contribution < 1.29 is 4.74 Å². The average Bonchev–Trinajstić information content (AvgIpc) is 2.39. The maximum atomic E-state index is 5.09. The SMILES string of the molecule is CCN(CCOC)c1nc(NC)nc(N(C)C)n1. The molecule has 102 valence electrons. The summed E-state index contributed by atoms with van der Waals surface area (Å²) in [6, 6.07) is 0. The van der Waals surface area contributed by atoms with Crippen molar-refractivity contribution in [2.45, 2.75) is 6.92 Å². The van der Waals surface area contributed by atoms with Gasteiger partial charge < -0.3 is 19.9 Å². The summed E-state index contributed by atoms with van der Waals surface area (Å²) in [4.78, 5) is 17.0. The fourth-order valence-corrected chi connectivity index (χ4v) is 1.41. The zero-order valence-corrected chi connectivity index (χ0v) is 11.8. The van der Waals surface area contributed by atoms with Crippen molar-refractivity contribution in [3.8, 4) is 0 Å². The van der Waals surface area contributed by atoms with Gasteiger partial charge in [-0.05, 0) is 6.92 Å². The third kappa shape index (κ3) is 3.69. The third-order valence-corrected chi connectivity index (χ3v) is 2.47. The molecule has 0 bridgehead atoms. The number of ether oxygens (including phenoxy) is 1. The van der Waals surface area contributed by atoms with Crippen LogP contribution in [0, 0.1) is 0 Å². The molecule has 0 spiro atoms. The fraction of sp³-hybridized carbons (Fsp3) is 0.727. The maximum Gasteiger partial charge on any atom is 0.232 e. The van der Waals surface area contributed by atoms with Gasteiger partial charge in [0.15, 0.2) is 0 Å². The summed E-state index contributed by atoms with van der Waals surface area (Å²) in [5.41, 5.74) is 0. The summed E-state index contributed by atoms with van der Waals surface area (Å²) in [7, 11) is 7.30. The normalized spacial score (nSPS) is 10.3. The predicted octanol–water partition coefficient (Wildman–Crippen LogP) is 0.452. The summed E-state index contributed by atoms with van der Waals surface area (Å²) >= 11 is 0. The lowest BCUT2D eigenvalue weighted by atomic mass is 10.5. The minimum Gasteiger partial charge on any atom is -0.383 e. The van der Waals surface area contributed by atoms with E-state index in [0.717, 1.165) is 13.1 Å². The summed E-state index contributed by atoms with van der Waals surface area (Å²) in [6.07, 6.45) is 0. The number of nitrogens with one attached hydrogen (secondary N) is 1. The Hall–Kier alpha value is -1.63. The van der Waals surface area contributed by atoms with Crippen molar-refractivity contribution in [3.63, 3.8) is 0 Å². The lowest BCUT2D eigenvalue weighted by Gasteiger charge is -2.22. The van der Waals surface area contributed by atoms with Gasteiger partial charge >= 0.3 is 0 Å². The highest BCUT2D eigenvalue weighted by Crippen LogP contribution is 2.14. The number of nitrogens with zero attached hydrogens (tertiary/aromatic N) is 5. The molecule has 7 heteroatoms. The van der Waals surface area contributed by atoms with Crippen LogP contribution in [0.3, 0.4) is 0 Å². The molecular formula is C11H22N6O. The molecule has 0 radical (unpaired) electrons. The number of aromatic nitrogens is 3. The summed E-state index contributed by atoms with van der Waals surface area (Å²) in [5.74, 6) is 1.87. The van der Waals surface area contributed by atoms with Gasteiger partial charge in [0.1, 0.15) is 0 Å². The number of likely N-dealkylation sites (N-methyl/N-ethyl adjacent to an activating group) is 1. The average molecular weight is 254 g/mol. The Labute approximate surface area is 108 Å². The van der Waals surface area contributed by atoms with Crippen LogP contribution in [0.1, 0.15) is 6.92 Å². The lowest BCUT2D eigenvalue weighted by molar-refractivity contribution is 0.205. The molecule has 1 aromatic rings. The van der Waals surface area contributed by atoms with E-state index in [1.165, 1.54) is 0 Å². The topological polar surface area (TPSA) is 66.4 Å². The second-order valence-corrected chi connectivity index (χ2v) is 3.98. The first-order valence-corrected chi connectivity index (χ1v) is 5.97. The van der Waals surface area contributed by atoms with Gasteiger partial charge in [-0.25, -0.2) is 0 Å². The molecule has 18 heavy (non-hydrogen) atoms. The van der Waals surface area contributed by atoms with Crippen molar-refractivity contribution in [2.75, 3.05) is 63.1 Å². The van der Waals surface area contributed by atoms with E-state index >= 15 is 0 Å². The van der Waals surface area contributed by atoms with E-state index in [1.54, 1.807) is 14.2 Å².